The number of amides is 1. The van der Waals surface area contributed by atoms with Crippen molar-refractivity contribution in [1.29, 1.82) is 0 Å². The van der Waals surface area contributed by atoms with Crippen LogP contribution < -0.4 is 4.90 Å². The van der Waals surface area contributed by atoms with Gasteiger partial charge in [0.1, 0.15) is 0 Å². The first-order valence-electron chi connectivity index (χ1n) is 9.78. The fraction of sp³-hybridized carbons (Fsp3) is 0.200. The normalized spacial score (nSPS) is 17.9. The Hall–Kier alpha value is -2.95. The summed E-state index contributed by atoms with van der Waals surface area (Å²) in [7, 11) is 0. The first-order valence-corrected chi connectivity index (χ1v) is 10.2. The van der Waals surface area contributed by atoms with Crippen molar-refractivity contribution in [2.75, 3.05) is 4.90 Å². The molecule has 1 N–H and O–H groups in total. The molecule has 0 bridgehead atoms. The summed E-state index contributed by atoms with van der Waals surface area (Å²) in [6.07, 6.45) is -0.307. The van der Waals surface area contributed by atoms with Crippen LogP contribution in [0.5, 0.6) is 0 Å². The number of para-hydroxylation sites is 1. The quantitative estimate of drug-likeness (QED) is 0.594. The van der Waals surface area contributed by atoms with Gasteiger partial charge in [-0.3, -0.25) is 9.59 Å². The number of carbonyl (C=O) groups is 2. The van der Waals surface area contributed by atoms with Gasteiger partial charge in [0.15, 0.2) is 11.4 Å². The molecule has 0 fully saturated rings. The summed E-state index contributed by atoms with van der Waals surface area (Å²) in [5.74, 6) is -0.760. The van der Waals surface area contributed by atoms with Gasteiger partial charge in [-0.25, -0.2) is 0 Å². The van der Waals surface area contributed by atoms with Gasteiger partial charge < -0.3 is 10.0 Å². The van der Waals surface area contributed by atoms with Crippen molar-refractivity contribution in [3.05, 3.63) is 99.6 Å². The Morgan fingerprint density at radius 1 is 1.03 bits per heavy atom. The molecule has 0 aromatic heterocycles. The van der Waals surface area contributed by atoms with Crippen molar-refractivity contribution in [3.63, 3.8) is 0 Å². The van der Waals surface area contributed by atoms with Crippen LogP contribution in [-0.2, 0) is 16.9 Å². The highest BCUT2D eigenvalue weighted by atomic mass is 35.5. The highest BCUT2D eigenvalue weighted by Gasteiger charge is 2.50. The summed E-state index contributed by atoms with van der Waals surface area (Å²) in [5.41, 5.74) is 2.41. The molecule has 1 amide bonds. The number of nitrogens with zero attached hydrogens (tertiary/aromatic N) is 1. The maximum absolute atomic E-state index is 13.4. The number of Topliss-reactive ketones (excluding diaryl/α,β-unsaturated/α-hetero) is 1. The molecule has 1 atom stereocenters. The predicted molar refractivity (Wildman–Crippen MR) is 118 cm³/mol. The Morgan fingerprint density at radius 3 is 2.53 bits per heavy atom. The molecule has 0 unspecified atom stereocenters. The number of aryl methyl sites for hydroxylation is 2. The molecule has 0 saturated carbocycles. The number of halogens is 1. The van der Waals surface area contributed by atoms with Crippen LogP contribution in [0.25, 0.3) is 0 Å². The zero-order valence-corrected chi connectivity index (χ0v) is 17.6. The number of hydrogen-bond acceptors (Lipinski definition) is 3. The average molecular weight is 420 g/mol. The first kappa shape index (κ1) is 20.3. The van der Waals surface area contributed by atoms with Crippen LogP contribution in [0.1, 0.15) is 39.0 Å². The van der Waals surface area contributed by atoms with Crippen LogP contribution in [0.3, 0.4) is 0 Å². The maximum atomic E-state index is 13.4. The summed E-state index contributed by atoms with van der Waals surface area (Å²) < 4.78 is 0. The van der Waals surface area contributed by atoms with E-state index in [0.717, 1.165) is 16.7 Å². The van der Waals surface area contributed by atoms with Crippen LogP contribution in [0.4, 0.5) is 5.69 Å². The summed E-state index contributed by atoms with van der Waals surface area (Å²) in [6.45, 7) is 4.08. The highest BCUT2D eigenvalue weighted by molar-refractivity contribution is 6.30. The third-order valence-electron chi connectivity index (χ3n) is 5.57. The van der Waals surface area contributed by atoms with Gasteiger partial charge in [-0.05, 0) is 43.2 Å². The van der Waals surface area contributed by atoms with Gasteiger partial charge in [0.2, 0.25) is 0 Å². The molecule has 152 valence electrons. The minimum atomic E-state index is -1.90. The summed E-state index contributed by atoms with van der Waals surface area (Å²) in [4.78, 5) is 27.9. The lowest BCUT2D eigenvalue weighted by Crippen LogP contribution is -2.41. The van der Waals surface area contributed by atoms with Gasteiger partial charge >= 0.3 is 0 Å². The van der Waals surface area contributed by atoms with Crippen molar-refractivity contribution in [2.45, 2.75) is 32.4 Å². The smallest absolute Gasteiger partial charge is 0.264 e. The van der Waals surface area contributed by atoms with Crippen molar-refractivity contribution in [3.8, 4) is 0 Å². The lowest BCUT2D eigenvalue weighted by atomic mass is 9.87. The number of benzene rings is 3. The van der Waals surface area contributed by atoms with Crippen molar-refractivity contribution >= 4 is 29.0 Å². The second-order valence-corrected chi connectivity index (χ2v) is 8.25. The second-order valence-electron chi connectivity index (χ2n) is 7.82. The second kappa shape index (κ2) is 7.71. The molecular formula is C25H22ClNO3. The molecule has 1 aliphatic heterocycles. The lowest BCUT2D eigenvalue weighted by Gasteiger charge is -2.23. The summed E-state index contributed by atoms with van der Waals surface area (Å²) in [6, 6.07) is 19.9. The first-order chi connectivity index (χ1) is 14.3. The molecule has 4 rings (SSSR count). The van der Waals surface area contributed by atoms with Crippen LogP contribution in [0.15, 0.2) is 66.7 Å². The zero-order valence-electron chi connectivity index (χ0n) is 16.9. The zero-order chi connectivity index (χ0) is 21.5. The van der Waals surface area contributed by atoms with Gasteiger partial charge in [-0.2, -0.15) is 0 Å². The summed E-state index contributed by atoms with van der Waals surface area (Å²) >= 11 is 6.09. The monoisotopic (exact) mass is 419 g/mol. The predicted octanol–water partition coefficient (Wildman–Crippen LogP) is 4.96. The fourth-order valence-corrected chi connectivity index (χ4v) is 4.32. The van der Waals surface area contributed by atoms with E-state index in [1.807, 2.05) is 44.2 Å². The molecule has 3 aromatic rings. The largest absolute Gasteiger partial charge is 0.375 e. The average Bonchev–Trinajstić information content (AvgIpc) is 2.90. The Kier molecular flexibility index (Phi) is 5.22. The van der Waals surface area contributed by atoms with E-state index >= 15 is 0 Å². The van der Waals surface area contributed by atoms with Gasteiger partial charge in [-0.15, -0.1) is 0 Å². The Morgan fingerprint density at radius 2 is 1.80 bits per heavy atom. The SMILES string of the molecule is Cc1ccc(C(=O)C[C@@]2(O)C(=O)N(Cc3cccc(Cl)c3)c3ccccc32)c(C)c1. The molecule has 0 radical (unpaired) electrons. The number of anilines is 1. The van der Waals surface area contributed by atoms with E-state index in [0.29, 0.717) is 21.8 Å². The number of ketones is 1. The Balaban J connectivity index is 1.69. The molecule has 3 aromatic carbocycles. The van der Waals surface area contributed by atoms with Crippen molar-refractivity contribution < 1.29 is 14.7 Å². The number of fused-ring (bicyclic) bond motifs is 1. The summed E-state index contributed by atoms with van der Waals surface area (Å²) in [5, 5.41) is 12.0. The number of rotatable bonds is 5. The highest BCUT2D eigenvalue weighted by Crippen LogP contribution is 2.43. The maximum Gasteiger partial charge on any atom is 0.264 e. The Labute approximate surface area is 180 Å². The molecule has 4 nitrogen and oxygen atoms in total. The van der Waals surface area contributed by atoms with Crippen molar-refractivity contribution in [1.82, 2.24) is 0 Å². The van der Waals surface area contributed by atoms with Gasteiger partial charge in [0.25, 0.3) is 5.91 Å². The van der Waals surface area contributed by atoms with E-state index in [2.05, 4.69) is 0 Å². The Bertz CT molecular complexity index is 1160. The standard InChI is InChI=1S/C25H22ClNO3/c1-16-10-11-20(17(2)12-16)23(28)14-25(30)21-8-3-4-9-22(21)27(24(25)29)15-18-6-5-7-19(26)13-18/h3-13,30H,14-15H2,1-2H3/t25-/m0/s1. The molecule has 0 saturated heterocycles. The number of aliphatic hydroxyl groups is 1. The third kappa shape index (κ3) is 3.53. The third-order valence-corrected chi connectivity index (χ3v) is 5.80. The van der Waals surface area contributed by atoms with Crippen LogP contribution in [-0.4, -0.2) is 16.8 Å². The fourth-order valence-electron chi connectivity index (χ4n) is 4.11. The molecular weight excluding hydrogens is 398 g/mol. The minimum Gasteiger partial charge on any atom is -0.375 e. The van der Waals surface area contributed by atoms with E-state index in [1.165, 1.54) is 4.90 Å². The van der Waals surface area contributed by atoms with Gasteiger partial charge in [0, 0.05) is 16.1 Å². The van der Waals surface area contributed by atoms with E-state index in [-0.39, 0.29) is 18.7 Å². The molecule has 5 heteroatoms. The molecule has 0 aliphatic carbocycles. The molecule has 0 spiro atoms. The van der Waals surface area contributed by atoms with Crippen molar-refractivity contribution in [2.24, 2.45) is 0 Å². The minimum absolute atomic E-state index is 0.260. The van der Waals surface area contributed by atoms with E-state index in [1.54, 1.807) is 36.4 Å². The number of hydrogen-bond donors (Lipinski definition) is 1. The topological polar surface area (TPSA) is 57.6 Å². The number of carbonyl (C=O) groups excluding carboxylic acids is 2. The van der Waals surface area contributed by atoms with Crippen LogP contribution >= 0.6 is 11.6 Å². The van der Waals surface area contributed by atoms with Gasteiger partial charge in [-0.1, -0.05) is 65.7 Å². The van der Waals surface area contributed by atoms with E-state index in [9.17, 15) is 14.7 Å². The van der Waals surface area contributed by atoms with E-state index in [4.69, 9.17) is 11.6 Å². The van der Waals surface area contributed by atoms with Gasteiger partial charge in [0.05, 0.1) is 18.7 Å². The van der Waals surface area contributed by atoms with E-state index < -0.39 is 11.5 Å². The van der Waals surface area contributed by atoms with Crippen LogP contribution in [0.2, 0.25) is 5.02 Å². The molecule has 30 heavy (non-hydrogen) atoms. The van der Waals surface area contributed by atoms with Crippen LogP contribution in [0, 0.1) is 13.8 Å². The lowest BCUT2D eigenvalue weighted by molar-refractivity contribution is -0.136. The molecule has 1 aliphatic rings. The molecule has 1 heterocycles.